The summed E-state index contributed by atoms with van der Waals surface area (Å²) in [7, 11) is -4.63. The maximum Gasteiger partial charge on any atom is 0.472 e. The summed E-state index contributed by atoms with van der Waals surface area (Å²) in [4.78, 5) is 33.6. The van der Waals surface area contributed by atoms with E-state index in [1.165, 1.54) is 83.5 Å². The molecule has 0 spiro atoms. The summed E-state index contributed by atoms with van der Waals surface area (Å²) in [6.07, 6.45) is 49.9. The van der Waals surface area contributed by atoms with Crippen LogP contribution in [-0.4, -0.2) is 60.5 Å². The zero-order chi connectivity index (χ0) is 41.9. The highest BCUT2D eigenvalue weighted by atomic mass is 31.2. The molecule has 0 heterocycles. The van der Waals surface area contributed by atoms with Crippen LogP contribution in [0.2, 0.25) is 0 Å². The Balaban J connectivity index is 4.27. The fraction of sp³-hybridized carbons (Fsp3) is 0.739. The van der Waals surface area contributed by atoms with Crippen LogP contribution in [-0.2, 0) is 32.7 Å². The first kappa shape index (κ1) is 54.7. The predicted octanol–water partition coefficient (Wildman–Crippen LogP) is 12.4. The van der Waals surface area contributed by atoms with Gasteiger partial charge >= 0.3 is 19.8 Å². The smallest absolute Gasteiger partial charge is 0.472 e. The van der Waals surface area contributed by atoms with Crippen LogP contribution in [0.3, 0.4) is 0 Å². The standard InChI is InChI=1S/C46H82NO9P/c1-3-5-7-9-11-13-15-17-19-21-22-23-24-26-28-30-32-34-36-38-45(48)56-43(41-54-57(51,52)55-42-44(47)46(49)50)40-53-39-37-35-33-31-29-27-25-20-18-16-14-12-10-8-6-4-2/h6,8,12,14,17-20,27,29,43-44H,3-5,7,9-11,13,15-16,21-26,28,30-42,47H2,1-2H3,(H,49,50)(H,51,52)/b8-6-,14-12-,19-17-,20-18-,29-27-. The van der Waals surface area contributed by atoms with Gasteiger partial charge in [0.25, 0.3) is 0 Å². The number of nitrogens with two attached hydrogens (primary N) is 1. The molecule has 3 unspecified atom stereocenters. The lowest BCUT2D eigenvalue weighted by atomic mass is 10.1. The first-order valence-electron chi connectivity index (χ1n) is 22.3. The minimum absolute atomic E-state index is 0.00722. The highest BCUT2D eigenvalue weighted by Crippen LogP contribution is 2.43. The predicted molar refractivity (Wildman–Crippen MR) is 235 cm³/mol. The van der Waals surface area contributed by atoms with Gasteiger partial charge in [-0.15, -0.1) is 0 Å². The maximum absolute atomic E-state index is 12.6. The summed E-state index contributed by atoms with van der Waals surface area (Å²) in [6, 6.07) is -1.48. The van der Waals surface area contributed by atoms with Gasteiger partial charge in [0.1, 0.15) is 12.1 Å². The lowest BCUT2D eigenvalue weighted by Crippen LogP contribution is -2.34. The van der Waals surface area contributed by atoms with Gasteiger partial charge in [0, 0.05) is 13.0 Å². The average Bonchev–Trinajstić information content (AvgIpc) is 3.19. The monoisotopic (exact) mass is 824 g/mol. The van der Waals surface area contributed by atoms with Gasteiger partial charge in [0.15, 0.2) is 0 Å². The van der Waals surface area contributed by atoms with Crippen molar-refractivity contribution in [1.29, 1.82) is 0 Å². The van der Waals surface area contributed by atoms with Crippen LogP contribution in [0.5, 0.6) is 0 Å². The lowest BCUT2D eigenvalue weighted by molar-refractivity contribution is -0.154. The van der Waals surface area contributed by atoms with Gasteiger partial charge in [-0.25, -0.2) is 4.57 Å². The number of rotatable bonds is 42. The zero-order valence-electron chi connectivity index (χ0n) is 35.9. The molecule has 11 heteroatoms. The SMILES string of the molecule is CC/C=C\C/C=C\C/C=C\C/C=C\CCCCCOCC(COP(=O)(O)OCC(N)C(=O)O)OC(=O)CCCCCCCCCCC/C=C\CCCCCCCC. The molecule has 3 atom stereocenters. The Labute approximate surface area is 347 Å². The van der Waals surface area contributed by atoms with Crippen LogP contribution >= 0.6 is 7.82 Å². The average molecular weight is 824 g/mol. The fourth-order valence-corrected chi connectivity index (χ4v) is 6.60. The third-order valence-corrected chi connectivity index (χ3v) is 10.2. The van der Waals surface area contributed by atoms with Crippen LogP contribution in [0.25, 0.3) is 0 Å². The number of esters is 1. The summed E-state index contributed by atoms with van der Waals surface area (Å²) in [5.41, 5.74) is 5.35. The molecule has 0 bridgehead atoms. The summed E-state index contributed by atoms with van der Waals surface area (Å²) in [5, 5.41) is 8.90. The molecule has 0 aliphatic heterocycles. The molecule has 0 fully saturated rings. The van der Waals surface area contributed by atoms with Crippen molar-refractivity contribution in [2.24, 2.45) is 5.73 Å². The first-order valence-corrected chi connectivity index (χ1v) is 23.8. The summed E-state index contributed by atoms with van der Waals surface area (Å²) >= 11 is 0. The van der Waals surface area contributed by atoms with Crippen LogP contribution < -0.4 is 5.73 Å². The number of carboxylic acid groups (broad SMARTS) is 1. The number of aliphatic carboxylic acids is 1. The Bertz CT molecular complexity index is 1140. The molecule has 10 nitrogen and oxygen atoms in total. The van der Waals surface area contributed by atoms with Gasteiger partial charge in [-0.05, 0) is 77.0 Å². The van der Waals surface area contributed by atoms with Gasteiger partial charge in [-0.3, -0.25) is 18.6 Å². The van der Waals surface area contributed by atoms with Crippen molar-refractivity contribution < 1.29 is 42.7 Å². The van der Waals surface area contributed by atoms with E-state index >= 15 is 0 Å². The number of ether oxygens (including phenoxy) is 2. The van der Waals surface area contributed by atoms with Crippen LogP contribution in [0.1, 0.15) is 181 Å². The number of unbranched alkanes of at least 4 members (excludes halogenated alkanes) is 18. The van der Waals surface area contributed by atoms with E-state index in [1.54, 1.807) is 0 Å². The van der Waals surface area contributed by atoms with E-state index in [0.717, 1.165) is 70.6 Å². The molecular weight excluding hydrogens is 741 g/mol. The molecule has 0 aromatic rings. The first-order chi connectivity index (χ1) is 27.7. The zero-order valence-corrected chi connectivity index (χ0v) is 36.8. The Hall–Kier alpha value is -2.33. The molecular formula is C46H82NO9P. The van der Waals surface area contributed by atoms with Gasteiger partial charge in [0.05, 0.1) is 19.8 Å². The number of hydrogen-bond donors (Lipinski definition) is 3. The normalized spacial score (nSPS) is 14.5. The van der Waals surface area contributed by atoms with Crippen LogP contribution in [0, 0.1) is 0 Å². The van der Waals surface area contributed by atoms with Crippen molar-refractivity contribution in [3.8, 4) is 0 Å². The fourth-order valence-electron chi connectivity index (χ4n) is 5.82. The number of carbonyl (C=O) groups is 2. The Kier molecular flexibility index (Phi) is 40.1. The molecule has 0 radical (unpaired) electrons. The second-order valence-electron chi connectivity index (χ2n) is 14.8. The quantitative estimate of drug-likeness (QED) is 0.0234. The summed E-state index contributed by atoms with van der Waals surface area (Å²) < 4.78 is 33.3. The third kappa shape index (κ3) is 41.6. The van der Waals surface area contributed by atoms with E-state index in [9.17, 15) is 19.0 Å². The number of phosphoric ester groups is 1. The third-order valence-electron chi connectivity index (χ3n) is 9.28. The topological polar surface area (TPSA) is 155 Å². The van der Waals surface area contributed by atoms with E-state index in [2.05, 4.69) is 74.6 Å². The molecule has 0 aliphatic carbocycles. The van der Waals surface area contributed by atoms with Gasteiger partial charge in [-0.1, -0.05) is 158 Å². The minimum atomic E-state index is -4.63. The largest absolute Gasteiger partial charge is 0.480 e. The van der Waals surface area contributed by atoms with Crippen molar-refractivity contribution in [1.82, 2.24) is 0 Å². The molecule has 0 saturated heterocycles. The summed E-state index contributed by atoms with van der Waals surface area (Å²) in [5.74, 6) is -1.80. The van der Waals surface area contributed by atoms with E-state index < -0.39 is 45.1 Å². The van der Waals surface area contributed by atoms with E-state index in [-0.39, 0.29) is 13.0 Å². The molecule has 0 aromatic carbocycles. The molecule has 57 heavy (non-hydrogen) atoms. The Morgan fingerprint density at radius 2 is 1.02 bits per heavy atom. The number of phosphoric acid groups is 1. The number of carboxylic acids is 1. The van der Waals surface area contributed by atoms with Crippen molar-refractivity contribution >= 4 is 19.8 Å². The van der Waals surface area contributed by atoms with Gasteiger partial charge < -0.3 is 25.2 Å². The Morgan fingerprint density at radius 3 is 1.54 bits per heavy atom. The molecule has 0 amide bonds. The van der Waals surface area contributed by atoms with Gasteiger partial charge in [0.2, 0.25) is 0 Å². The maximum atomic E-state index is 12.6. The highest BCUT2D eigenvalue weighted by Gasteiger charge is 2.27. The molecule has 4 N–H and O–H groups in total. The van der Waals surface area contributed by atoms with Gasteiger partial charge in [-0.2, -0.15) is 0 Å². The van der Waals surface area contributed by atoms with Crippen molar-refractivity contribution in [2.75, 3.05) is 26.4 Å². The highest BCUT2D eigenvalue weighted by molar-refractivity contribution is 7.47. The summed E-state index contributed by atoms with van der Waals surface area (Å²) in [6.45, 7) is 3.68. The minimum Gasteiger partial charge on any atom is -0.480 e. The molecule has 0 saturated carbocycles. The second-order valence-corrected chi connectivity index (χ2v) is 16.2. The van der Waals surface area contributed by atoms with Crippen molar-refractivity contribution in [3.05, 3.63) is 60.8 Å². The van der Waals surface area contributed by atoms with E-state index in [1.807, 2.05) is 0 Å². The number of hydrogen-bond acceptors (Lipinski definition) is 8. The molecule has 0 aliphatic rings. The second kappa shape index (κ2) is 41.8. The van der Waals surface area contributed by atoms with Crippen molar-refractivity contribution in [3.63, 3.8) is 0 Å². The number of carbonyl (C=O) groups excluding carboxylic acids is 1. The molecule has 0 rings (SSSR count). The van der Waals surface area contributed by atoms with Crippen LogP contribution in [0.4, 0.5) is 0 Å². The number of allylic oxidation sites excluding steroid dienone is 10. The van der Waals surface area contributed by atoms with Crippen molar-refractivity contribution in [2.45, 2.75) is 193 Å². The lowest BCUT2D eigenvalue weighted by Gasteiger charge is -2.20. The van der Waals surface area contributed by atoms with Crippen LogP contribution in [0.15, 0.2) is 60.8 Å². The molecule has 0 aromatic heterocycles. The Morgan fingerprint density at radius 1 is 0.579 bits per heavy atom. The molecule has 330 valence electrons. The van der Waals surface area contributed by atoms with E-state index in [0.29, 0.717) is 13.0 Å². The van der Waals surface area contributed by atoms with E-state index in [4.69, 9.17) is 29.4 Å².